The SMILES string of the molecule is CCC(COC)NS(=O)(=O)c1ccc(CCN)cc1. The van der Waals surface area contributed by atoms with Gasteiger partial charge >= 0.3 is 0 Å². The maximum atomic E-state index is 12.2. The Balaban J connectivity index is 2.81. The second-order valence-corrected chi connectivity index (χ2v) is 6.08. The molecule has 0 bridgehead atoms. The zero-order valence-electron chi connectivity index (χ0n) is 11.4. The smallest absolute Gasteiger partial charge is 0.240 e. The first kappa shape index (κ1) is 16.1. The average Bonchev–Trinajstić information content (AvgIpc) is 2.39. The number of nitrogens with one attached hydrogen (secondary N) is 1. The van der Waals surface area contributed by atoms with E-state index in [-0.39, 0.29) is 10.9 Å². The van der Waals surface area contributed by atoms with E-state index in [1.807, 2.05) is 6.92 Å². The molecule has 0 fully saturated rings. The van der Waals surface area contributed by atoms with E-state index >= 15 is 0 Å². The van der Waals surface area contributed by atoms with E-state index in [1.165, 1.54) is 0 Å². The molecular weight excluding hydrogens is 264 g/mol. The van der Waals surface area contributed by atoms with Crippen molar-refractivity contribution in [2.75, 3.05) is 20.3 Å². The van der Waals surface area contributed by atoms with Crippen LogP contribution < -0.4 is 10.5 Å². The fourth-order valence-electron chi connectivity index (χ4n) is 1.73. The topological polar surface area (TPSA) is 81.4 Å². The van der Waals surface area contributed by atoms with Gasteiger partial charge in [-0.1, -0.05) is 19.1 Å². The summed E-state index contributed by atoms with van der Waals surface area (Å²) in [4.78, 5) is 0.267. The summed E-state index contributed by atoms with van der Waals surface area (Å²) < 4.78 is 31.9. The Morgan fingerprint density at radius 2 is 1.95 bits per heavy atom. The first-order valence-electron chi connectivity index (χ1n) is 6.33. The van der Waals surface area contributed by atoms with Crippen molar-refractivity contribution in [3.05, 3.63) is 29.8 Å². The minimum absolute atomic E-state index is 0.210. The lowest BCUT2D eigenvalue weighted by Crippen LogP contribution is -2.37. The third-order valence-electron chi connectivity index (χ3n) is 2.85. The molecule has 0 aliphatic heterocycles. The molecule has 6 heteroatoms. The van der Waals surface area contributed by atoms with Crippen molar-refractivity contribution in [2.24, 2.45) is 5.73 Å². The van der Waals surface area contributed by atoms with Gasteiger partial charge in [-0.15, -0.1) is 0 Å². The summed E-state index contributed by atoms with van der Waals surface area (Å²) in [6.45, 7) is 2.83. The summed E-state index contributed by atoms with van der Waals surface area (Å²) in [6.07, 6.45) is 1.42. The van der Waals surface area contributed by atoms with Gasteiger partial charge in [-0.3, -0.25) is 0 Å². The number of ether oxygens (including phenoxy) is 1. The molecule has 0 saturated heterocycles. The summed E-state index contributed by atoms with van der Waals surface area (Å²) in [5.41, 5.74) is 6.49. The zero-order chi connectivity index (χ0) is 14.3. The summed E-state index contributed by atoms with van der Waals surface area (Å²) >= 11 is 0. The van der Waals surface area contributed by atoms with Gasteiger partial charge < -0.3 is 10.5 Å². The van der Waals surface area contributed by atoms with Crippen LogP contribution >= 0.6 is 0 Å². The number of rotatable bonds is 8. The molecule has 1 unspecified atom stereocenters. The lowest BCUT2D eigenvalue weighted by Gasteiger charge is -2.16. The molecule has 0 radical (unpaired) electrons. The highest BCUT2D eigenvalue weighted by Gasteiger charge is 2.18. The molecule has 0 amide bonds. The van der Waals surface area contributed by atoms with Crippen LogP contribution in [0.3, 0.4) is 0 Å². The van der Waals surface area contributed by atoms with Crippen LogP contribution in [0, 0.1) is 0 Å². The van der Waals surface area contributed by atoms with Crippen LogP contribution in [0.4, 0.5) is 0 Å². The first-order chi connectivity index (χ1) is 9.03. The molecule has 108 valence electrons. The van der Waals surface area contributed by atoms with Crippen molar-refractivity contribution < 1.29 is 13.2 Å². The maximum absolute atomic E-state index is 12.2. The largest absolute Gasteiger partial charge is 0.383 e. The number of methoxy groups -OCH3 is 1. The normalized spacial score (nSPS) is 13.4. The van der Waals surface area contributed by atoms with Crippen LogP contribution in [0.25, 0.3) is 0 Å². The van der Waals surface area contributed by atoms with E-state index < -0.39 is 10.0 Å². The molecule has 0 aliphatic rings. The van der Waals surface area contributed by atoms with E-state index in [4.69, 9.17) is 10.5 Å². The highest BCUT2D eigenvalue weighted by atomic mass is 32.2. The molecule has 1 aromatic carbocycles. The molecule has 1 rings (SSSR count). The maximum Gasteiger partial charge on any atom is 0.240 e. The number of hydrogen-bond donors (Lipinski definition) is 2. The van der Waals surface area contributed by atoms with Gasteiger partial charge in [-0.25, -0.2) is 13.1 Å². The fraction of sp³-hybridized carbons (Fsp3) is 0.538. The predicted molar refractivity (Wildman–Crippen MR) is 75.5 cm³/mol. The Bertz CT molecular complexity index is 471. The van der Waals surface area contributed by atoms with Gasteiger partial charge in [0.05, 0.1) is 11.5 Å². The van der Waals surface area contributed by atoms with Crippen molar-refractivity contribution in [3.8, 4) is 0 Å². The van der Waals surface area contributed by atoms with Crippen LogP contribution in [0.2, 0.25) is 0 Å². The zero-order valence-corrected chi connectivity index (χ0v) is 12.2. The van der Waals surface area contributed by atoms with Crippen LogP contribution in [-0.4, -0.2) is 34.7 Å². The van der Waals surface area contributed by atoms with Crippen molar-refractivity contribution in [1.82, 2.24) is 4.72 Å². The monoisotopic (exact) mass is 286 g/mol. The van der Waals surface area contributed by atoms with Gasteiger partial charge in [0.25, 0.3) is 0 Å². The van der Waals surface area contributed by atoms with E-state index in [0.29, 0.717) is 19.6 Å². The molecule has 3 N–H and O–H groups in total. The van der Waals surface area contributed by atoms with Gasteiger partial charge in [0, 0.05) is 13.2 Å². The Kier molecular flexibility index (Phi) is 6.44. The molecule has 0 spiro atoms. The third kappa shape index (κ3) is 4.91. The minimum atomic E-state index is -3.49. The molecule has 0 heterocycles. The highest BCUT2D eigenvalue weighted by Crippen LogP contribution is 2.12. The van der Waals surface area contributed by atoms with Gasteiger partial charge in [0.1, 0.15) is 0 Å². The number of hydrogen-bond acceptors (Lipinski definition) is 4. The van der Waals surface area contributed by atoms with E-state index in [1.54, 1.807) is 31.4 Å². The molecule has 19 heavy (non-hydrogen) atoms. The highest BCUT2D eigenvalue weighted by molar-refractivity contribution is 7.89. The fourth-order valence-corrected chi connectivity index (χ4v) is 3.03. The van der Waals surface area contributed by atoms with Crippen molar-refractivity contribution in [1.29, 1.82) is 0 Å². The Labute approximate surface area is 115 Å². The van der Waals surface area contributed by atoms with Crippen LogP contribution in [0.1, 0.15) is 18.9 Å². The summed E-state index contributed by atoms with van der Waals surface area (Å²) in [6, 6.07) is 6.58. The van der Waals surface area contributed by atoms with Crippen molar-refractivity contribution >= 4 is 10.0 Å². The molecule has 0 aromatic heterocycles. The van der Waals surface area contributed by atoms with Gasteiger partial charge in [0.2, 0.25) is 10.0 Å². The summed E-state index contributed by atoms with van der Waals surface area (Å²) in [5.74, 6) is 0. The Hall–Kier alpha value is -0.950. The lowest BCUT2D eigenvalue weighted by molar-refractivity contribution is 0.173. The van der Waals surface area contributed by atoms with E-state index in [0.717, 1.165) is 12.0 Å². The van der Waals surface area contributed by atoms with Crippen LogP contribution in [0.5, 0.6) is 0 Å². The molecule has 1 aromatic rings. The predicted octanol–water partition coefficient (Wildman–Crippen LogP) is 0.891. The summed E-state index contributed by atoms with van der Waals surface area (Å²) in [5, 5.41) is 0. The number of benzene rings is 1. The van der Waals surface area contributed by atoms with E-state index in [9.17, 15) is 8.42 Å². The van der Waals surface area contributed by atoms with E-state index in [2.05, 4.69) is 4.72 Å². The van der Waals surface area contributed by atoms with Gasteiger partial charge in [-0.05, 0) is 37.1 Å². The minimum Gasteiger partial charge on any atom is -0.383 e. The standard InChI is InChI=1S/C13H22N2O3S/c1-3-12(10-18-2)15-19(16,17)13-6-4-11(5-7-13)8-9-14/h4-7,12,15H,3,8-10,14H2,1-2H3. The van der Waals surface area contributed by atoms with Crippen molar-refractivity contribution in [2.45, 2.75) is 30.7 Å². The van der Waals surface area contributed by atoms with Crippen LogP contribution in [-0.2, 0) is 21.2 Å². The van der Waals surface area contributed by atoms with Gasteiger partial charge in [-0.2, -0.15) is 0 Å². The number of nitrogens with two attached hydrogens (primary N) is 1. The second kappa shape index (κ2) is 7.59. The molecule has 0 saturated carbocycles. The second-order valence-electron chi connectivity index (χ2n) is 4.36. The Morgan fingerprint density at radius 3 is 2.42 bits per heavy atom. The Morgan fingerprint density at radius 1 is 1.32 bits per heavy atom. The molecule has 0 aliphatic carbocycles. The van der Waals surface area contributed by atoms with Gasteiger partial charge in [0.15, 0.2) is 0 Å². The average molecular weight is 286 g/mol. The lowest BCUT2D eigenvalue weighted by atomic mass is 10.2. The first-order valence-corrected chi connectivity index (χ1v) is 7.82. The van der Waals surface area contributed by atoms with Crippen LogP contribution in [0.15, 0.2) is 29.2 Å². The molecule has 5 nitrogen and oxygen atoms in total. The molecule has 1 atom stereocenters. The third-order valence-corrected chi connectivity index (χ3v) is 4.39. The summed E-state index contributed by atoms with van der Waals surface area (Å²) in [7, 11) is -1.93. The quantitative estimate of drug-likeness (QED) is 0.743. The number of sulfonamides is 1. The van der Waals surface area contributed by atoms with Crippen molar-refractivity contribution in [3.63, 3.8) is 0 Å². The molecular formula is C13H22N2O3S.